The summed E-state index contributed by atoms with van der Waals surface area (Å²) in [5, 5.41) is -0.460. The number of carbonyl (C=O) groups is 2. The first-order valence-corrected chi connectivity index (χ1v) is 9.90. The number of nitrogens with zero attached hydrogens (tertiary/aromatic N) is 1. The van der Waals surface area contributed by atoms with Gasteiger partial charge in [0.15, 0.2) is 15.6 Å². The summed E-state index contributed by atoms with van der Waals surface area (Å²) in [6.07, 6.45) is 0.503. The Balaban J connectivity index is 1.66. The van der Waals surface area contributed by atoms with Crippen molar-refractivity contribution in [3.63, 3.8) is 0 Å². The summed E-state index contributed by atoms with van der Waals surface area (Å²) < 4.78 is 23.8. The van der Waals surface area contributed by atoms with Crippen LogP contribution in [0.5, 0.6) is 0 Å². The van der Waals surface area contributed by atoms with Gasteiger partial charge in [-0.05, 0) is 12.5 Å². The molecule has 2 saturated heterocycles. The quantitative estimate of drug-likeness (QED) is 0.789. The van der Waals surface area contributed by atoms with Gasteiger partial charge in [0, 0.05) is 23.7 Å². The molecular weight excluding hydrogens is 338 g/mol. The third-order valence-corrected chi connectivity index (χ3v) is 7.21. The van der Waals surface area contributed by atoms with Crippen LogP contribution in [-0.2, 0) is 9.84 Å². The predicted octanol–water partition coefficient (Wildman–Crippen LogP) is 1.93. The van der Waals surface area contributed by atoms with Crippen molar-refractivity contribution in [1.29, 1.82) is 0 Å². The minimum absolute atomic E-state index is 0.0260. The normalized spacial score (nSPS) is 23.6. The molecule has 2 heterocycles. The molecule has 2 fully saturated rings. The molecule has 4 rings (SSSR count). The molecule has 128 valence electrons. The Morgan fingerprint density at radius 2 is 1.56 bits per heavy atom. The molecule has 0 saturated carbocycles. The van der Waals surface area contributed by atoms with Crippen molar-refractivity contribution in [2.75, 3.05) is 12.3 Å². The van der Waals surface area contributed by atoms with E-state index in [4.69, 9.17) is 0 Å². The summed E-state index contributed by atoms with van der Waals surface area (Å²) in [5.41, 5.74) is 1.21. The van der Waals surface area contributed by atoms with Gasteiger partial charge in [0.05, 0.1) is 16.6 Å². The van der Waals surface area contributed by atoms with Crippen LogP contribution >= 0.6 is 0 Å². The van der Waals surface area contributed by atoms with Crippen LogP contribution in [0.4, 0.5) is 0 Å². The first-order chi connectivity index (χ1) is 12.0. The lowest BCUT2D eigenvalue weighted by atomic mass is 9.97. The van der Waals surface area contributed by atoms with Gasteiger partial charge >= 0.3 is 0 Å². The van der Waals surface area contributed by atoms with Crippen LogP contribution in [0.3, 0.4) is 0 Å². The van der Waals surface area contributed by atoms with Gasteiger partial charge in [-0.1, -0.05) is 48.5 Å². The number of rotatable bonds is 3. The maximum absolute atomic E-state index is 13.0. The van der Waals surface area contributed by atoms with Crippen molar-refractivity contribution < 1.29 is 18.0 Å². The molecule has 6 heteroatoms. The largest absolute Gasteiger partial charge is 0.333 e. The first-order valence-electron chi connectivity index (χ1n) is 8.19. The zero-order chi connectivity index (χ0) is 17.6. The van der Waals surface area contributed by atoms with Gasteiger partial charge in [0.1, 0.15) is 0 Å². The number of carbonyl (C=O) groups excluding carboxylic acids is 2. The number of hydrogen-bond acceptors (Lipinski definition) is 4. The van der Waals surface area contributed by atoms with Crippen LogP contribution in [0.1, 0.15) is 32.7 Å². The highest BCUT2D eigenvalue weighted by Crippen LogP contribution is 2.34. The summed E-state index contributed by atoms with van der Waals surface area (Å²) in [6, 6.07) is 15.3. The number of sulfone groups is 1. The molecule has 2 aromatic carbocycles. The monoisotopic (exact) mass is 355 g/mol. The molecule has 0 spiro atoms. The fourth-order valence-corrected chi connectivity index (χ4v) is 5.74. The lowest BCUT2D eigenvalue weighted by Crippen LogP contribution is -2.44. The fraction of sp³-hybridized carbons (Fsp3) is 0.263. The van der Waals surface area contributed by atoms with E-state index in [1.807, 2.05) is 6.07 Å². The van der Waals surface area contributed by atoms with E-state index in [0.29, 0.717) is 23.1 Å². The molecule has 1 amide bonds. The Hall–Kier alpha value is -2.47. The third-order valence-electron chi connectivity index (χ3n) is 5.01. The van der Waals surface area contributed by atoms with E-state index in [9.17, 15) is 18.0 Å². The number of fused-ring (bicyclic) bond motifs is 2. The van der Waals surface area contributed by atoms with Crippen LogP contribution in [-0.4, -0.2) is 48.6 Å². The van der Waals surface area contributed by atoms with Crippen molar-refractivity contribution in [1.82, 2.24) is 4.90 Å². The first kappa shape index (κ1) is 16.0. The zero-order valence-electron chi connectivity index (χ0n) is 13.5. The highest BCUT2D eigenvalue weighted by atomic mass is 32.2. The molecule has 25 heavy (non-hydrogen) atoms. The van der Waals surface area contributed by atoms with Crippen molar-refractivity contribution >= 4 is 21.5 Å². The minimum Gasteiger partial charge on any atom is -0.333 e. The molecule has 0 aliphatic carbocycles. The minimum atomic E-state index is -3.07. The van der Waals surface area contributed by atoms with Gasteiger partial charge in [-0.15, -0.1) is 0 Å². The summed E-state index contributed by atoms with van der Waals surface area (Å²) >= 11 is 0. The van der Waals surface area contributed by atoms with E-state index in [2.05, 4.69) is 0 Å². The zero-order valence-corrected chi connectivity index (χ0v) is 14.3. The van der Waals surface area contributed by atoms with Gasteiger partial charge in [-0.25, -0.2) is 8.42 Å². The predicted molar refractivity (Wildman–Crippen MR) is 93.3 cm³/mol. The van der Waals surface area contributed by atoms with E-state index >= 15 is 0 Å². The lowest BCUT2D eigenvalue weighted by Gasteiger charge is -2.27. The number of amides is 1. The molecule has 5 nitrogen and oxygen atoms in total. The van der Waals surface area contributed by atoms with Crippen LogP contribution in [0.15, 0.2) is 54.6 Å². The molecule has 2 aliphatic rings. The fourth-order valence-electron chi connectivity index (χ4n) is 3.71. The molecule has 0 radical (unpaired) electrons. The second kappa shape index (κ2) is 5.81. The van der Waals surface area contributed by atoms with Crippen LogP contribution in [0, 0.1) is 0 Å². The summed E-state index contributed by atoms with van der Waals surface area (Å²) in [5.74, 6) is -0.443. The van der Waals surface area contributed by atoms with Crippen molar-refractivity contribution in [3.8, 4) is 0 Å². The SMILES string of the molecule is O=C(c1ccccc1)c1ccccc1C(=O)N1C[C@H]2C[C@H]1CS2(=O)=O. The Morgan fingerprint density at radius 3 is 2.16 bits per heavy atom. The van der Waals surface area contributed by atoms with Crippen LogP contribution in [0.2, 0.25) is 0 Å². The molecule has 0 unspecified atom stereocenters. The molecule has 2 aromatic rings. The van der Waals surface area contributed by atoms with E-state index in [-0.39, 0.29) is 30.0 Å². The van der Waals surface area contributed by atoms with Crippen molar-refractivity contribution in [3.05, 3.63) is 71.3 Å². The standard InChI is InChI=1S/C19H17NO4S/c21-18(13-6-2-1-3-7-13)16-8-4-5-9-17(16)19(22)20-11-15-10-14(20)12-25(15,23)24/h1-9,14-15H,10-12H2/t14-,15+/m0/s1. The van der Waals surface area contributed by atoms with Gasteiger partial charge in [-0.3, -0.25) is 9.59 Å². The number of ketones is 1. The van der Waals surface area contributed by atoms with E-state index in [0.717, 1.165) is 0 Å². The number of hydrogen-bond donors (Lipinski definition) is 0. The highest BCUT2D eigenvalue weighted by molar-refractivity contribution is 7.92. The van der Waals surface area contributed by atoms with Crippen LogP contribution < -0.4 is 0 Å². The molecule has 0 aromatic heterocycles. The van der Waals surface area contributed by atoms with E-state index < -0.39 is 15.1 Å². The topological polar surface area (TPSA) is 71.5 Å². The molecule has 0 N–H and O–H groups in total. The second-order valence-corrected chi connectivity index (χ2v) is 8.87. The average molecular weight is 355 g/mol. The lowest BCUT2D eigenvalue weighted by molar-refractivity contribution is 0.0741. The molecule has 2 bridgehead atoms. The Bertz CT molecular complexity index is 952. The van der Waals surface area contributed by atoms with Gasteiger partial charge in [0.2, 0.25) is 0 Å². The summed E-state index contributed by atoms with van der Waals surface area (Å²) in [7, 11) is -3.07. The van der Waals surface area contributed by atoms with E-state index in [1.165, 1.54) is 0 Å². The molecular formula is C19H17NO4S. The van der Waals surface area contributed by atoms with Gasteiger partial charge in [0.25, 0.3) is 5.91 Å². The van der Waals surface area contributed by atoms with E-state index in [1.54, 1.807) is 53.4 Å². The maximum atomic E-state index is 13.0. The average Bonchev–Trinajstić information content (AvgIpc) is 3.17. The summed E-state index contributed by atoms with van der Waals surface area (Å²) in [4.78, 5) is 27.4. The van der Waals surface area contributed by atoms with Gasteiger partial charge < -0.3 is 4.90 Å². The highest BCUT2D eigenvalue weighted by Gasteiger charge is 2.50. The third kappa shape index (κ3) is 2.66. The number of benzene rings is 2. The van der Waals surface area contributed by atoms with Crippen molar-refractivity contribution in [2.45, 2.75) is 17.7 Å². The molecule has 2 aliphatic heterocycles. The Morgan fingerprint density at radius 1 is 0.920 bits per heavy atom. The van der Waals surface area contributed by atoms with Crippen molar-refractivity contribution in [2.24, 2.45) is 0 Å². The Labute approximate surface area is 146 Å². The maximum Gasteiger partial charge on any atom is 0.254 e. The Kier molecular flexibility index (Phi) is 3.72. The van der Waals surface area contributed by atoms with Gasteiger partial charge in [-0.2, -0.15) is 0 Å². The smallest absolute Gasteiger partial charge is 0.254 e. The number of likely N-dealkylation sites (tertiary alicyclic amines) is 1. The summed E-state index contributed by atoms with van der Waals surface area (Å²) in [6.45, 7) is 0.222. The van der Waals surface area contributed by atoms with Crippen LogP contribution in [0.25, 0.3) is 0 Å². The second-order valence-electron chi connectivity index (χ2n) is 6.54. The molecule has 2 atom stereocenters.